The minimum atomic E-state index is -0.340. The largest absolute Gasteiger partial charge is 0.399 e. The Kier molecular flexibility index (Phi) is 3.19. The fourth-order valence-corrected chi connectivity index (χ4v) is 2.53. The average molecular weight is 336 g/mol. The van der Waals surface area contributed by atoms with Crippen LogP contribution >= 0.6 is 15.9 Å². The maximum atomic E-state index is 13.4. The summed E-state index contributed by atoms with van der Waals surface area (Å²) in [5, 5.41) is 9.47. The summed E-state index contributed by atoms with van der Waals surface area (Å²) in [6.07, 6.45) is 0. The van der Waals surface area contributed by atoms with Gasteiger partial charge in [-0.3, -0.25) is 4.57 Å². The second kappa shape index (κ2) is 4.88. The van der Waals surface area contributed by atoms with Gasteiger partial charge in [0, 0.05) is 11.4 Å². The van der Waals surface area contributed by atoms with E-state index >= 15 is 0 Å². The highest BCUT2D eigenvalue weighted by Crippen LogP contribution is 2.26. The maximum Gasteiger partial charge on any atom is 0.140 e. The maximum absolute atomic E-state index is 13.4. The van der Waals surface area contributed by atoms with E-state index in [1.165, 1.54) is 6.07 Å². The number of fused-ring (bicyclic) bond motifs is 1. The molecule has 0 aliphatic rings. The van der Waals surface area contributed by atoms with Gasteiger partial charge in [0.2, 0.25) is 0 Å². The lowest BCUT2D eigenvalue weighted by atomic mass is 10.2. The van der Waals surface area contributed by atoms with E-state index in [0.717, 1.165) is 11.2 Å². The normalized spacial score (nSPS) is 11.2. The van der Waals surface area contributed by atoms with Gasteiger partial charge in [0.15, 0.2) is 0 Å². The third-order valence-electron chi connectivity index (χ3n) is 3.05. The average Bonchev–Trinajstić information content (AvgIpc) is 2.79. The van der Waals surface area contributed by atoms with Crippen LogP contribution in [-0.4, -0.2) is 14.7 Å². The quantitative estimate of drug-likeness (QED) is 0.707. The molecule has 0 bridgehead atoms. The number of nitrogens with two attached hydrogens (primary N) is 1. The number of rotatable bonds is 2. The number of aliphatic hydroxyl groups is 1. The standard InChI is InChI=1S/C14H11BrFN3O/c15-10-6-9(2-3-11(10)16)19-13-4-1-8(17)5-12(13)18-14(19)7-20/h1-6,20H,7,17H2. The molecule has 1 aromatic heterocycles. The van der Waals surface area contributed by atoms with Crippen LogP contribution in [0, 0.1) is 5.82 Å². The fourth-order valence-electron chi connectivity index (χ4n) is 2.17. The Hall–Kier alpha value is -1.92. The summed E-state index contributed by atoms with van der Waals surface area (Å²) in [5.41, 5.74) is 8.56. The monoisotopic (exact) mass is 335 g/mol. The van der Waals surface area contributed by atoms with E-state index in [1.807, 2.05) is 6.07 Å². The van der Waals surface area contributed by atoms with Crippen LogP contribution in [0.25, 0.3) is 16.7 Å². The number of aliphatic hydroxyl groups excluding tert-OH is 1. The summed E-state index contributed by atoms with van der Waals surface area (Å²) in [4.78, 5) is 4.34. The number of hydrogen-bond acceptors (Lipinski definition) is 3. The SMILES string of the molecule is Nc1ccc2c(c1)nc(CO)n2-c1ccc(F)c(Br)c1. The van der Waals surface area contributed by atoms with Crippen LogP contribution in [0.1, 0.15) is 5.82 Å². The zero-order chi connectivity index (χ0) is 14.3. The van der Waals surface area contributed by atoms with Gasteiger partial charge in [-0.25, -0.2) is 9.37 Å². The van der Waals surface area contributed by atoms with Crippen molar-refractivity contribution in [2.24, 2.45) is 0 Å². The highest BCUT2D eigenvalue weighted by molar-refractivity contribution is 9.10. The molecule has 0 spiro atoms. The number of benzene rings is 2. The van der Waals surface area contributed by atoms with Gasteiger partial charge in [-0.15, -0.1) is 0 Å². The van der Waals surface area contributed by atoms with E-state index in [4.69, 9.17) is 5.73 Å². The van der Waals surface area contributed by atoms with Crippen LogP contribution in [0.15, 0.2) is 40.9 Å². The van der Waals surface area contributed by atoms with Crippen molar-refractivity contribution in [3.63, 3.8) is 0 Å². The molecule has 0 saturated carbocycles. The van der Waals surface area contributed by atoms with Crippen LogP contribution < -0.4 is 5.73 Å². The summed E-state index contributed by atoms with van der Waals surface area (Å²) in [6, 6.07) is 9.98. The molecule has 3 rings (SSSR count). The van der Waals surface area contributed by atoms with Crippen LogP contribution in [0.5, 0.6) is 0 Å². The molecule has 3 aromatic rings. The van der Waals surface area contributed by atoms with E-state index in [2.05, 4.69) is 20.9 Å². The molecule has 20 heavy (non-hydrogen) atoms. The van der Waals surface area contributed by atoms with Gasteiger partial charge >= 0.3 is 0 Å². The predicted molar refractivity (Wildman–Crippen MR) is 79.1 cm³/mol. The minimum Gasteiger partial charge on any atom is -0.399 e. The Morgan fingerprint density at radius 2 is 2.05 bits per heavy atom. The molecule has 0 fully saturated rings. The van der Waals surface area contributed by atoms with Crippen LogP contribution in [0.3, 0.4) is 0 Å². The number of imidazole rings is 1. The third kappa shape index (κ3) is 2.07. The van der Waals surface area contributed by atoms with Gasteiger partial charge < -0.3 is 10.8 Å². The second-order valence-corrected chi connectivity index (χ2v) is 5.22. The zero-order valence-electron chi connectivity index (χ0n) is 10.3. The van der Waals surface area contributed by atoms with E-state index in [1.54, 1.807) is 28.8 Å². The van der Waals surface area contributed by atoms with Gasteiger partial charge in [0.05, 0.1) is 15.5 Å². The molecule has 0 amide bonds. The topological polar surface area (TPSA) is 64.1 Å². The Morgan fingerprint density at radius 3 is 2.75 bits per heavy atom. The highest BCUT2D eigenvalue weighted by atomic mass is 79.9. The Balaban J connectivity index is 2.30. The van der Waals surface area contributed by atoms with Crippen LogP contribution in [0.4, 0.5) is 10.1 Å². The van der Waals surface area contributed by atoms with Gasteiger partial charge in [0.1, 0.15) is 18.2 Å². The molecule has 2 aromatic carbocycles. The molecular weight excluding hydrogens is 325 g/mol. The van der Waals surface area contributed by atoms with Crippen molar-refractivity contribution in [2.45, 2.75) is 6.61 Å². The van der Waals surface area contributed by atoms with E-state index in [-0.39, 0.29) is 12.4 Å². The Bertz CT molecular complexity index is 800. The Labute approximate surface area is 122 Å². The first kappa shape index (κ1) is 13.1. The van der Waals surface area contributed by atoms with Crippen molar-refractivity contribution < 1.29 is 9.50 Å². The lowest BCUT2D eigenvalue weighted by Gasteiger charge is -2.09. The van der Waals surface area contributed by atoms with Crippen LogP contribution in [0.2, 0.25) is 0 Å². The molecule has 1 heterocycles. The molecule has 0 saturated heterocycles. The highest BCUT2D eigenvalue weighted by Gasteiger charge is 2.13. The molecule has 0 radical (unpaired) electrons. The number of nitrogens with zero attached hydrogens (tertiary/aromatic N) is 2. The van der Waals surface area contributed by atoms with Crippen molar-refractivity contribution in [1.82, 2.24) is 9.55 Å². The van der Waals surface area contributed by atoms with Gasteiger partial charge in [-0.1, -0.05) is 0 Å². The molecule has 3 N–H and O–H groups in total. The number of nitrogen functional groups attached to an aromatic ring is 1. The van der Waals surface area contributed by atoms with Crippen molar-refractivity contribution >= 4 is 32.7 Å². The molecular formula is C14H11BrFN3O. The summed E-state index contributed by atoms with van der Waals surface area (Å²) in [7, 11) is 0. The first-order valence-corrected chi connectivity index (χ1v) is 6.72. The molecule has 102 valence electrons. The first-order valence-electron chi connectivity index (χ1n) is 5.93. The summed E-state index contributed by atoms with van der Waals surface area (Å²) in [6.45, 7) is -0.219. The molecule has 0 unspecified atom stereocenters. The lowest BCUT2D eigenvalue weighted by Crippen LogP contribution is -2.01. The van der Waals surface area contributed by atoms with Gasteiger partial charge in [-0.2, -0.15) is 0 Å². The smallest absolute Gasteiger partial charge is 0.140 e. The van der Waals surface area contributed by atoms with Crippen molar-refractivity contribution in [3.8, 4) is 5.69 Å². The number of hydrogen-bond donors (Lipinski definition) is 2. The minimum absolute atomic E-state index is 0.219. The van der Waals surface area contributed by atoms with Crippen LogP contribution in [-0.2, 0) is 6.61 Å². The third-order valence-corrected chi connectivity index (χ3v) is 3.66. The molecule has 0 atom stereocenters. The van der Waals surface area contributed by atoms with E-state index in [9.17, 15) is 9.50 Å². The fraction of sp³-hybridized carbons (Fsp3) is 0.0714. The van der Waals surface area contributed by atoms with Gasteiger partial charge in [-0.05, 0) is 52.3 Å². The summed E-state index contributed by atoms with van der Waals surface area (Å²) < 4.78 is 15.5. The Morgan fingerprint density at radius 1 is 1.25 bits per heavy atom. The van der Waals surface area contributed by atoms with Gasteiger partial charge in [0.25, 0.3) is 0 Å². The second-order valence-electron chi connectivity index (χ2n) is 4.37. The number of halogens is 2. The lowest BCUT2D eigenvalue weighted by molar-refractivity contribution is 0.270. The number of anilines is 1. The molecule has 6 heteroatoms. The predicted octanol–water partition coefficient (Wildman–Crippen LogP) is 3.00. The van der Waals surface area contributed by atoms with Crippen molar-refractivity contribution in [1.29, 1.82) is 0 Å². The molecule has 0 aliphatic carbocycles. The first-order chi connectivity index (χ1) is 9.60. The zero-order valence-corrected chi connectivity index (χ0v) is 11.9. The molecule has 4 nitrogen and oxygen atoms in total. The van der Waals surface area contributed by atoms with Crippen molar-refractivity contribution in [2.75, 3.05) is 5.73 Å². The van der Waals surface area contributed by atoms with Crippen molar-refractivity contribution in [3.05, 3.63) is 52.5 Å². The summed E-state index contributed by atoms with van der Waals surface area (Å²) >= 11 is 3.16. The number of aromatic nitrogens is 2. The van der Waals surface area contributed by atoms with E-state index in [0.29, 0.717) is 21.5 Å². The summed E-state index contributed by atoms with van der Waals surface area (Å²) in [5.74, 6) is 0.136. The molecule has 0 aliphatic heterocycles. The van der Waals surface area contributed by atoms with E-state index < -0.39 is 0 Å².